The zero-order chi connectivity index (χ0) is 10.8. The van der Waals surface area contributed by atoms with E-state index < -0.39 is 0 Å². The van der Waals surface area contributed by atoms with Crippen molar-refractivity contribution in [1.82, 2.24) is 10.2 Å². The molecule has 4 heteroatoms. The topological polar surface area (TPSA) is 49.2 Å². The molecule has 1 aliphatic rings. The van der Waals surface area contributed by atoms with E-state index in [4.69, 9.17) is 0 Å². The maximum Gasteiger partial charge on any atom is 0.151 e. The first-order valence-corrected chi connectivity index (χ1v) is 5.41. The van der Waals surface area contributed by atoms with Gasteiger partial charge in [0.1, 0.15) is 0 Å². The molecule has 0 unspecified atom stereocenters. The average molecular weight is 207 g/mol. The summed E-state index contributed by atoms with van der Waals surface area (Å²) in [4.78, 5) is 2.15. The van der Waals surface area contributed by atoms with Crippen molar-refractivity contribution in [2.75, 3.05) is 18.1 Å². The van der Waals surface area contributed by atoms with E-state index in [0.29, 0.717) is 0 Å². The first-order chi connectivity index (χ1) is 7.22. The molecule has 0 bridgehead atoms. The molecule has 1 atom stereocenters. The molecule has 1 saturated heterocycles. The second kappa shape index (κ2) is 4.14. The summed E-state index contributed by atoms with van der Waals surface area (Å²) < 4.78 is 0. The zero-order valence-electron chi connectivity index (χ0n) is 9.27. The minimum absolute atomic E-state index is 0.203. The third-order valence-corrected chi connectivity index (χ3v) is 3.10. The van der Waals surface area contributed by atoms with Crippen LogP contribution in [0.15, 0.2) is 6.07 Å². The van der Waals surface area contributed by atoms with Crippen LogP contribution in [0.1, 0.15) is 24.1 Å². The van der Waals surface area contributed by atoms with Crippen molar-refractivity contribution in [1.29, 1.82) is 0 Å². The summed E-state index contributed by atoms with van der Waals surface area (Å²) in [7, 11) is 0. The molecule has 2 heterocycles. The lowest BCUT2D eigenvalue weighted by Gasteiger charge is -2.23. The molecule has 1 fully saturated rings. The smallest absolute Gasteiger partial charge is 0.151 e. The monoisotopic (exact) mass is 207 g/mol. The van der Waals surface area contributed by atoms with Gasteiger partial charge in [-0.1, -0.05) is 0 Å². The standard InChI is InChI=1S/C11H17N3O/c1-8-6-11(13-12-9(8)2)14-5-3-4-10(14)7-15/h6,10,15H,3-5,7H2,1-2H3/t10-/m1/s1. The Morgan fingerprint density at radius 3 is 2.93 bits per heavy atom. The largest absolute Gasteiger partial charge is 0.394 e. The Balaban J connectivity index is 2.25. The van der Waals surface area contributed by atoms with Gasteiger partial charge in [0.25, 0.3) is 0 Å². The van der Waals surface area contributed by atoms with Crippen LogP contribution in [0.25, 0.3) is 0 Å². The van der Waals surface area contributed by atoms with Crippen LogP contribution < -0.4 is 4.90 Å². The molecular weight excluding hydrogens is 190 g/mol. The van der Waals surface area contributed by atoms with Gasteiger partial charge in [-0.25, -0.2) is 0 Å². The lowest BCUT2D eigenvalue weighted by molar-refractivity contribution is 0.266. The number of nitrogens with zero attached hydrogens (tertiary/aromatic N) is 3. The quantitative estimate of drug-likeness (QED) is 0.787. The second-order valence-corrected chi connectivity index (χ2v) is 4.14. The van der Waals surface area contributed by atoms with Gasteiger partial charge in [-0.05, 0) is 38.3 Å². The molecule has 0 radical (unpaired) electrons. The Morgan fingerprint density at radius 1 is 1.47 bits per heavy atom. The molecule has 1 N–H and O–H groups in total. The Kier molecular flexibility index (Phi) is 2.86. The van der Waals surface area contributed by atoms with Crippen molar-refractivity contribution in [2.24, 2.45) is 0 Å². The number of aryl methyl sites for hydroxylation is 2. The molecule has 1 aromatic heterocycles. The van der Waals surface area contributed by atoms with Crippen LogP contribution in [-0.2, 0) is 0 Å². The van der Waals surface area contributed by atoms with Crippen LogP contribution in [0.5, 0.6) is 0 Å². The van der Waals surface area contributed by atoms with Gasteiger partial charge in [0.2, 0.25) is 0 Å². The third-order valence-electron chi connectivity index (χ3n) is 3.10. The van der Waals surface area contributed by atoms with Crippen molar-refractivity contribution in [3.63, 3.8) is 0 Å². The predicted octanol–water partition coefficient (Wildman–Crippen LogP) is 1.05. The molecule has 0 amide bonds. The molecule has 2 rings (SSSR count). The van der Waals surface area contributed by atoms with Crippen LogP contribution in [0.3, 0.4) is 0 Å². The first kappa shape index (κ1) is 10.4. The normalized spacial score (nSPS) is 21.0. The summed E-state index contributed by atoms with van der Waals surface area (Å²) in [6.45, 7) is 5.17. The Hall–Kier alpha value is -1.16. The van der Waals surface area contributed by atoms with Crippen molar-refractivity contribution in [2.45, 2.75) is 32.7 Å². The first-order valence-electron chi connectivity index (χ1n) is 5.41. The third kappa shape index (κ3) is 1.95. The van der Waals surface area contributed by atoms with E-state index in [1.807, 2.05) is 13.8 Å². The molecule has 4 nitrogen and oxygen atoms in total. The van der Waals surface area contributed by atoms with Gasteiger partial charge in [0.05, 0.1) is 18.3 Å². The van der Waals surface area contributed by atoms with E-state index in [9.17, 15) is 5.11 Å². The van der Waals surface area contributed by atoms with E-state index in [0.717, 1.165) is 36.5 Å². The van der Waals surface area contributed by atoms with Gasteiger partial charge in [-0.15, -0.1) is 5.10 Å². The summed E-state index contributed by atoms with van der Waals surface area (Å²) in [5.74, 6) is 0.898. The number of aliphatic hydroxyl groups is 1. The Labute approximate surface area is 89.9 Å². The molecule has 1 aromatic rings. The average Bonchev–Trinajstić information content (AvgIpc) is 2.70. The van der Waals surface area contributed by atoms with E-state index in [1.54, 1.807) is 0 Å². The lowest BCUT2D eigenvalue weighted by Crippen LogP contribution is -2.33. The van der Waals surface area contributed by atoms with Gasteiger partial charge in [-0.2, -0.15) is 5.10 Å². The van der Waals surface area contributed by atoms with Gasteiger partial charge < -0.3 is 10.0 Å². The van der Waals surface area contributed by atoms with Crippen LogP contribution in [-0.4, -0.2) is 34.5 Å². The van der Waals surface area contributed by atoms with E-state index in [2.05, 4.69) is 21.2 Å². The van der Waals surface area contributed by atoms with E-state index >= 15 is 0 Å². The minimum atomic E-state index is 0.203. The summed E-state index contributed by atoms with van der Waals surface area (Å²) in [6, 6.07) is 2.28. The second-order valence-electron chi connectivity index (χ2n) is 4.14. The summed E-state index contributed by atoms with van der Waals surface area (Å²) >= 11 is 0. The van der Waals surface area contributed by atoms with Crippen LogP contribution in [0.4, 0.5) is 5.82 Å². The number of hydrogen-bond acceptors (Lipinski definition) is 4. The van der Waals surface area contributed by atoms with Crippen LogP contribution in [0, 0.1) is 13.8 Å². The maximum absolute atomic E-state index is 9.23. The van der Waals surface area contributed by atoms with Crippen molar-refractivity contribution >= 4 is 5.82 Å². The summed E-state index contributed by atoms with van der Waals surface area (Å²) in [5, 5.41) is 17.5. The fourth-order valence-electron chi connectivity index (χ4n) is 2.00. The molecule has 0 aliphatic carbocycles. The van der Waals surface area contributed by atoms with Crippen LogP contribution in [0.2, 0.25) is 0 Å². The van der Waals surface area contributed by atoms with Crippen LogP contribution >= 0.6 is 0 Å². The highest BCUT2D eigenvalue weighted by Crippen LogP contribution is 2.23. The summed E-state index contributed by atoms with van der Waals surface area (Å²) in [5.41, 5.74) is 2.13. The predicted molar refractivity (Wildman–Crippen MR) is 59.0 cm³/mol. The fraction of sp³-hybridized carbons (Fsp3) is 0.636. The van der Waals surface area contributed by atoms with Gasteiger partial charge in [0.15, 0.2) is 5.82 Å². The van der Waals surface area contributed by atoms with Gasteiger partial charge in [-0.3, -0.25) is 0 Å². The molecule has 0 saturated carbocycles. The van der Waals surface area contributed by atoms with Crippen molar-refractivity contribution in [3.8, 4) is 0 Å². The summed E-state index contributed by atoms with van der Waals surface area (Å²) in [6.07, 6.45) is 2.17. The highest BCUT2D eigenvalue weighted by Gasteiger charge is 2.25. The zero-order valence-corrected chi connectivity index (χ0v) is 9.27. The Morgan fingerprint density at radius 2 is 2.27 bits per heavy atom. The number of hydrogen-bond donors (Lipinski definition) is 1. The molecule has 1 aliphatic heterocycles. The highest BCUT2D eigenvalue weighted by atomic mass is 16.3. The van der Waals surface area contributed by atoms with Crippen molar-refractivity contribution < 1.29 is 5.11 Å². The molecule has 15 heavy (non-hydrogen) atoms. The number of aliphatic hydroxyl groups excluding tert-OH is 1. The molecular formula is C11H17N3O. The Bertz CT molecular complexity index is 354. The number of aromatic nitrogens is 2. The SMILES string of the molecule is Cc1cc(N2CCC[C@@H]2CO)nnc1C. The van der Waals surface area contributed by atoms with Crippen molar-refractivity contribution in [3.05, 3.63) is 17.3 Å². The van der Waals surface area contributed by atoms with Gasteiger partial charge in [0, 0.05) is 6.54 Å². The molecule has 0 spiro atoms. The minimum Gasteiger partial charge on any atom is -0.394 e. The fourth-order valence-corrected chi connectivity index (χ4v) is 2.00. The maximum atomic E-state index is 9.23. The van der Waals surface area contributed by atoms with E-state index in [1.165, 1.54) is 0 Å². The van der Waals surface area contributed by atoms with Gasteiger partial charge >= 0.3 is 0 Å². The highest BCUT2D eigenvalue weighted by molar-refractivity contribution is 5.43. The molecule has 82 valence electrons. The number of rotatable bonds is 2. The number of anilines is 1. The van der Waals surface area contributed by atoms with E-state index in [-0.39, 0.29) is 12.6 Å². The molecule has 0 aromatic carbocycles. The lowest BCUT2D eigenvalue weighted by atomic mass is 10.2.